The van der Waals surface area contributed by atoms with Crippen LogP contribution in [0.1, 0.15) is 39.0 Å². The second kappa shape index (κ2) is 12.3. The molecule has 1 heterocycles. The molecule has 1 atom stereocenters. The van der Waals surface area contributed by atoms with Gasteiger partial charge in [-0.1, -0.05) is 0 Å². The molecule has 7 heteroatoms. The van der Waals surface area contributed by atoms with Crippen molar-refractivity contribution in [3.63, 3.8) is 0 Å². The van der Waals surface area contributed by atoms with E-state index in [1.807, 2.05) is 14.0 Å². The highest BCUT2D eigenvalue weighted by Crippen LogP contribution is 2.48. The molecule has 2 aliphatic rings. The first-order valence-corrected chi connectivity index (χ1v) is 8.99. The summed E-state index contributed by atoms with van der Waals surface area (Å²) in [6, 6.07) is 0. The number of hydrogen-bond donors (Lipinski definition) is 2. The summed E-state index contributed by atoms with van der Waals surface area (Å²) in [6.07, 6.45) is 6.03. The van der Waals surface area contributed by atoms with Gasteiger partial charge in [-0.25, -0.2) is 0 Å². The first kappa shape index (κ1) is 21.9. The maximum atomic E-state index is 5.76. The minimum Gasteiger partial charge on any atom is -0.382 e. The predicted octanol–water partition coefficient (Wildman–Crippen LogP) is 2.17. The van der Waals surface area contributed by atoms with Crippen molar-refractivity contribution in [1.82, 2.24) is 10.6 Å². The van der Waals surface area contributed by atoms with Crippen LogP contribution in [0.4, 0.5) is 0 Å². The number of halogens is 1. The fraction of sp³-hybridized carbons (Fsp3) is 0.941. The van der Waals surface area contributed by atoms with E-state index in [0.717, 1.165) is 71.3 Å². The highest BCUT2D eigenvalue weighted by Gasteiger charge is 2.41. The molecule has 2 fully saturated rings. The van der Waals surface area contributed by atoms with Crippen LogP contribution in [0.2, 0.25) is 0 Å². The molecular formula is C17H34IN3O3. The lowest BCUT2D eigenvalue weighted by molar-refractivity contribution is 0.0420. The third kappa shape index (κ3) is 8.31. The van der Waals surface area contributed by atoms with E-state index < -0.39 is 0 Å². The lowest BCUT2D eigenvalue weighted by atomic mass is 10.0. The first-order chi connectivity index (χ1) is 11.3. The van der Waals surface area contributed by atoms with E-state index in [-0.39, 0.29) is 24.0 Å². The van der Waals surface area contributed by atoms with E-state index in [0.29, 0.717) is 11.5 Å². The van der Waals surface area contributed by atoms with Crippen LogP contribution in [0.15, 0.2) is 4.99 Å². The lowest BCUT2D eigenvalue weighted by Crippen LogP contribution is -2.41. The Morgan fingerprint density at radius 1 is 1.29 bits per heavy atom. The summed E-state index contributed by atoms with van der Waals surface area (Å²) in [5, 5.41) is 6.81. The van der Waals surface area contributed by atoms with E-state index in [9.17, 15) is 0 Å². The van der Waals surface area contributed by atoms with Gasteiger partial charge in [0.15, 0.2) is 5.96 Å². The summed E-state index contributed by atoms with van der Waals surface area (Å²) in [4.78, 5) is 4.29. The van der Waals surface area contributed by atoms with Gasteiger partial charge < -0.3 is 24.8 Å². The van der Waals surface area contributed by atoms with Crippen molar-refractivity contribution in [2.24, 2.45) is 10.4 Å². The molecule has 24 heavy (non-hydrogen) atoms. The zero-order valence-electron chi connectivity index (χ0n) is 15.1. The van der Waals surface area contributed by atoms with Crippen molar-refractivity contribution >= 4 is 29.9 Å². The Kier molecular flexibility index (Phi) is 11.2. The zero-order chi connectivity index (χ0) is 16.4. The smallest absolute Gasteiger partial charge is 0.190 e. The second-order valence-corrected chi connectivity index (χ2v) is 6.51. The standard InChI is InChI=1S/C17H33N3O3.HI/c1-3-21-12-8-17(6-7-17)14-20-16(18-2)19-9-4-10-23-15-5-11-22-13-15;/h15H,3-14H2,1-2H3,(H2,18,19,20);1H. The molecule has 1 saturated carbocycles. The number of nitrogens with zero attached hydrogens (tertiary/aromatic N) is 1. The molecule has 2 rings (SSSR count). The van der Waals surface area contributed by atoms with Crippen LogP contribution in [0.5, 0.6) is 0 Å². The molecule has 2 N–H and O–H groups in total. The largest absolute Gasteiger partial charge is 0.382 e. The first-order valence-electron chi connectivity index (χ1n) is 8.99. The third-order valence-corrected chi connectivity index (χ3v) is 4.65. The van der Waals surface area contributed by atoms with Crippen LogP contribution in [0.25, 0.3) is 0 Å². The van der Waals surface area contributed by atoms with Crippen LogP contribution in [-0.2, 0) is 14.2 Å². The van der Waals surface area contributed by atoms with Crippen LogP contribution in [0.3, 0.4) is 0 Å². The van der Waals surface area contributed by atoms with Crippen LogP contribution in [0, 0.1) is 5.41 Å². The molecule has 0 aromatic rings. The Morgan fingerprint density at radius 3 is 2.75 bits per heavy atom. The van der Waals surface area contributed by atoms with Crippen LogP contribution in [-0.4, -0.2) is 65.2 Å². The Hall–Kier alpha value is -0.120. The summed E-state index contributed by atoms with van der Waals surface area (Å²) in [5.74, 6) is 0.886. The van der Waals surface area contributed by atoms with E-state index in [1.165, 1.54) is 12.8 Å². The number of hydrogen-bond acceptors (Lipinski definition) is 4. The summed E-state index contributed by atoms with van der Waals surface area (Å²) in [5.41, 5.74) is 0.429. The van der Waals surface area contributed by atoms with Crippen LogP contribution >= 0.6 is 24.0 Å². The summed E-state index contributed by atoms with van der Waals surface area (Å²) in [7, 11) is 1.82. The molecule has 6 nitrogen and oxygen atoms in total. The normalized spacial score (nSPS) is 22.1. The molecule has 0 aromatic heterocycles. The number of rotatable bonds is 11. The van der Waals surface area contributed by atoms with Crippen molar-refractivity contribution in [2.45, 2.75) is 45.1 Å². The van der Waals surface area contributed by atoms with Gasteiger partial charge in [-0.05, 0) is 44.4 Å². The minimum atomic E-state index is 0. The summed E-state index contributed by atoms with van der Waals surface area (Å²) >= 11 is 0. The molecule has 0 spiro atoms. The predicted molar refractivity (Wildman–Crippen MR) is 107 cm³/mol. The quantitative estimate of drug-likeness (QED) is 0.217. The highest BCUT2D eigenvalue weighted by molar-refractivity contribution is 14.0. The minimum absolute atomic E-state index is 0. The number of aliphatic imine (C=N–C) groups is 1. The molecule has 0 aromatic carbocycles. The van der Waals surface area contributed by atoms with Gasteiger partial charge in [0.2, 0.25) is 0 Å². The van der Waals surface area contributed by atoms with Crippen molar-refractivity contribution in [3.05, 3.63) is 0 Å². The molecule has 0 amide bonds. The molecular weight excluding hydrogens is 421 g/mol. The van der Waals surface area contributed by atoms with Gasteiger partial charge >= 0.3 is 0 Å². The molecule has 0 bridgehead atoms. The van der Waals surface area contributed by atoms with Gasteiger partial charge in [0.25, 0.3) is 0 Å². The lowest BCUT2D eigenvalue weighted by Gasteiger charge is -2.18. The van der Waals surface area contributed by atoms with Gasteiger partial charge in [0, 0.05) is 46.6 Å². The monoisotopic (exact) mass is 455 g/mol. The number of guanidine groups is 1. The maximum absolute atomic E-state index is 5.76. The van der Waals surface area contributed by atoms with E-state index >= 15 is 0 Å². The zero-order valence-corrected chi connectivity index (χ0v) is 17.5. The van der Waals surface area contributed by atoms with Gasteiger partial charge in [-0.15, -0.1) is 24.0 Å². The molecule has 0 radical (unpaired) electrons. The topological polar surface area (TPSA) is 64.1 Å². The molecule has 1 unspecified atom stereocenters. The number of nitrogens with one attached hydrogen (secondary N) is 2. The summed E-state index contributed by atoms with van der Waals surface area (Å²) < 4.78 is 16.5. The second-order valence-electron chi connectivity index (χ2n) is 6.51. The fourth-order valence-electron chi connectivity index (χ4n) is 2.79. The Labute approximate surface area is 163 Å². The molecule has 1 aliphatic heterocycles. The van der Waals surface area contributed by atoms with E-state index in [4.69, 9.17) is 14.2 Å². The van der Waals surface area contributed by atoms with Crippen molar-refractivity contribution < 1.29 is 14.2 Å². The molecule has 142 valence electrons. The Balaban J connectivity index is 0.00000288. The number of ether oxygens (including phenoxy) is 3. The molecule has 1 saturated heterocycles. The van der Waals surface area contributed by atoms with Crippen molar-refractivity contribution in [2.75, 3.05) is 53.2 Å². The van der Waals surface area contributed by atoms with Gasteiger partial charge in [-0.3, -0.25) is 4.99 Å². The fourth-order valence-corrected chi connectivity index (χ4v) is 2.79. The van der Waals surface area contributed by atoms with E-state index in [2.05, 4.69) is 15.6 Å². The summed E-state index contributed by atoms with van der Waals surface area (Å²) in [6.45, 7) is 7.94. The highest BCUT2D eigenvalue weighted by atomic mass is 127. The van der Waals surface area contributed by atoms with Gasteiger partial charge in [-0.2, -0.15) is 0 Å². The Bertz CT molecular complexity index is 359. The van der Waals surface area contributed by atoms with Gasteiger partial charge in [0.1, 0.15) is 0 Å². The average Bonchev–Trinajstić information content (AvgIpc) is 3.14. The SMILES string of the molecule is CCOCCC1(CNC(=NC)NCCCOC2CCOC2)CC1.I. The van der Waals surface area contributed by atoms with Gasteiger partial charge in [0.05, 0.1) is 12.7 Å². The van der Waals surface area contributed by atoms with Crippen LogP contribution < -0.4 is 10.6 Å². The maximum Gasteiger partial charge on any atom is 0.190 e. The molecule has 1 aliphatic carbocycles. The Morgan fingerprint density at radius 2 is 2.12 bits per heavy atom. The van der Waals surface area contributed by atoms with Crippen molar-refractivity contribution in [3.8, 4) is 0 Å². The average molecular weight is 455 g/mol. The van der Waals surface area contributed by atoms with Crippen molar-refractivity contribution in [1.29, 1.82) is 0 Å². The van der Waals surface area contributed by atoms with E-state index in [1.54, 1.807) is 0 Å². The third-order valence-electron chi connectivity index (χ3n) is 4.65.